The number of aryl methyl sites for hydroxylation is 1. The molecule has 0 saturated carbocycles. The third kappa shape index (κ3) is 4.13. The van der Waals surface area contributed by atoms with E-state index in [1.54, 1.807) is 4.90 Å². The number of fused-ring (bicyclic) bond motifs is 1. The number of carbonyl (C=O) groups excluding carboxylic acids is 2. The Morgan fingerprint density at radius 3 is 2.52 bits per heavy atom. The van der Waals surface area contributed by atoms with Gasteiger partial charge in [0, 0.05) is 24.2 Å². The average molecular weight is 365 g/mol. The smallest absolute Gasteiger partial charge is 0.246 e. The van der Waals surface area contributed by atoms with Crippen molar-refractivity contribution in [1.29, 1.82) is 0 Å². The molecule has 1 aliphatic heterocycles. The van der Waals surface area contributed by atoms with Gasteiger partial charge in [0.15, 0.2) is 0 Å². The summed E-state index contributed by atoms with van der Waals surface area (Å²) in [5.74, 6) is -0.0785. The number of carbonyl (C=O) groups is 2. The maximum atomic E-state index is 13.3. The van der Waals surface area contributed by atoms with E-state index in [0.29, 0.717) is 5.69 Å². The van der Waals surface area contributed by atoms with Crippen LogP contribution in [0.25, 0.3) is 0 Å². The van der Waals surface area contributed by atoms with Gasteiger partial charge in [-0.25, -0.2) is 0 Å². The summed E-state index contributed by atoms with van der Waals surface area (Å²) in [6, 6.07) is 15.7. The van der Waals surface area contributed by atoms with Gasteiger partial charge in [-0.15, -0.1) is 0 Å². The van der Waals surface area contributed by atoms with E-state index >= 15 is 0 Å². The number of nitrogens with zero attached hydrogens (tertiary/aromatic N) is 2. The Morgan fingerprint density at radius 2 is 1.85 bits per heavy atom. The summed E-state index contributed by atoms with van der Waals surface area (Å²) in [4.78, 5) is 29.3. The molecule has 0 spiro atoms. The Kier molecular flexibility index (Phi) is 5.49. The van der Waals surface area contributed by atoms with E-state index in [1.165, 1.54) is 5.56 Å². The standard InChI is InChI=1S/C22H27N3O2/c1-15(2)24(18-11-9-16(3)10-12-18)14-22(27)25-17(4)13-21(26)23-19-7-5-6-8-20(19)25/h5-12,15,17H,13-14H2,1-4H3,(H,23,26). The minimum atomic E-state index is -0.201. The molecule has 1 unspecified atom stereocenters. The van der Waals surface area contributed by atoms with E-state index in [2.05, 4.69) is 43.1 Å². The molecule has 0 fully saturated rings. The summed E-state index contributed by atoms with van der Waals surface area (Å²) in [5, 5.41) is 2.91. The molecular formula is C22H27N3O2. The lowest BCUT2D eigenvalue weighted by Gasteiger charge is -2.33. The third-order valence-corrected chi connectivity index (χ3v) is 4.92. The van der Waals surface area contributed by atoms with Gasteiger partial charge in [-0.05, 0) is 52.0 Å². The lowest BCUT2D eigenvalue weighted by molar-refractivity contribution is -0.118. The summed E-state index contributed by atoms with van der Waals surface area (Å²) in [6.45, 7) is 8.39. The van der Waals surface area contributed by atoms with E-state index in [4.69, 9.17) is 0 Å². The van der Waals surface area contributed by atoms with Crippen LogP contribution in [0, 0.1) is 6.92 Å². The minimum absolute atomic E-state index is 0.0132. The first-order valence-electron chi connectivity index (χ1n) is 9.41. The second-order valence-electron chi connectivity index (χ2n) is 7.44. The number of hydrogen-bond donors (Lipinski definition) is 1. The highest BCUT2D eigenvalue weighted by Gasteiger charge is 2.30. The fourth-order valence-corrected chi connectivity index (χ4v) is 3.50. The maximum Gasteiger partial charge on any atom is 0.246 e. The van der Waals surface area contributed by atoms with Gasteiger partial charge in [0.05, 0.1) is 17.9 Å². The first-order chi connectivity index (χ1) is 12.9. The molecule has 3 rings (SSSR count). The Hall–Kier alpha value is -2.82. The zero-order valence-electron chi connectivity index (χ0n) is 16.4. The highest BCUT2D eigenvalue weighted by Crippen LogP contribution is 2.31. The second-order valence-corrected chi connectivity index (χ2v) is 7.44. The molecule has 142 valence electrons. The predicted octanol–water partition coefficient (Wildman–Crippen LogP) is 3.97. The van der Waals surface area contributed by atoms with Gasteiger partial charge in [0.2, 0.25) is 11.8 Å². The van der Waals surface area contributed by atoms with Crippen molar-refractivity contribution in [1.82, 2.24) is 0 Å². The van der Waals surface area contributed by atoms with E-state index in [0.717, 1.165) is 11.4 Å². The predicted molar refractivity (Wildman–Crippen MR) is 110 cm³/mol. The zero-order valence-corrected chi connectivity index (χ0v) is 16.4. The molecular weight excluding hydrogens is 338 g/mol. The molecule has 27 heavy (non-hydrogen) atoms. The van der Waals surface area contributed by atoms with Crippen LogP contribution >= 0.6 is 0 Å². The molecule has 0 aliphatic carbocycles. The van der Waals surface area contributed by atoms with E-state index < -0.39 is 0 Å². The van der Waals surface area contributed by atoms with Crippen molar-refractivity contribution >= 4 is 28.9 Å². The molecule has 5 nitrogen and oxygen atoms in total. The fourth-order valence-electron chi connectivity index (χ4n) is 3.50. The van der Waals surface area contributed by atoms with Crippen molar-refractivity contribution in [2.45, 2.75) is 46.2 Å². The molecule has 1 aliphatic rings. The summed E-state index contributed by atoms with van der Waals surface area (Å²) in [6.07, 6.45) is 0.284. The van der Waals surface area contributed by atoms with Crippen LogP contribution in [0.3, 0.4) is 0 Å². The number of benzene rings is 2. The van der Waals surface area contributed by atoms with Gasteiger partial charge in [0.25, 0.3) is 0 Å². The van der Waals surface area contributed by atoms with Crippen LogP contribution in [-0.4, -0.2) is 30.4 Å². The number of rotatable bonds is 4. The highest BCUT2D eigenvalue weighted by molar-refractivity contribution is 6.05. The number of anilines is 3. The second kappa shape index (κ2) is 7.82. The molecule has 0 radical (unpaired) electrons. The van der Waals surface area contributed by atoms with Crippen LogP contribution in [0.4, 0.5) is 17.1 Å². The zero-order chi connectivity index (χ0) is 19.6. The van der Waals surface area contributed by atoms with Crippen molar-refractivity contribution in [3.05, 3.63) is 54.1 Å². The van der Waals surface area contributed by atoms with E-state index in [1.807, 2.05) is 43.3 Å². The summed E-state index contributed by atoms with van der Waals surface area (Å²) in [7, 11) is 0. The SMILES string of the molecule is Cc1ccc(N(CC(=O)N2c3ccccc3NC(=O)CC2C)C(C)C)cc1. The molecule has 2 amide bonds. The lowest BCUT2D eigenvalue weighted by atomic mass is 10.1. The minimum Gasteiger partial charge on any atom is -0.360 e. The average Bonchev–Trinajstić information content (AvgIpc) is 2.74. The first kappa shape index (κ1) is 19.0. The topological polar surface area (TPSA) is 52.7 Å². The Bertz CT molecular complexity index is 830. The van der Waals surface area contributed by atoms with Crippen molar-refractivity contribution in [2.24, 2.45) is 0 Å². The molecule has 5 heteroatoms. The molecule has 2 aromatic carbocycles. The number of nitrogens with one attached hydrogen (secondary N) is 1. The van der Waals surface area contributed by atoms with E-state index in [-0.39, 0.29) is 36.9 Å². The quantitative estimate of drug-likeness (QED) is 0.892. The largest absolute Gasteiger partial charge is 0.360 e. The van der Waals surface area contributed by atoms with Crippen LogP contribution < -0.4 is 15.1 Å². The number of hydrogen-bond acceptors (Lipinski definition) is 3. The maximum absolute atomic E-state index is 13.3. The van der Waals surface area contributed by atoms with Gasteiger partial charge >= 0.3 is 0 Å². The van der Waals surface area contributed by atoms with Crippen LogP contribution in [0.5, 0.6) is 0 Å². The third-order valence-electron chi connectivity index (χ3n) is 4.92. The molecule has 1 atom stereocenters. The number of para-hydroxylation sites is 2. The fraction of sp³-hybridized carbons (Fsp3) is 0.364. The van der Waals surface area contributed by atoms with Gasteiger partial charge in [-0.1, -0.05) is 29.8 Å². The van der Waals surface area contributed by atoms with Crippen molar-refractivity contribution in [3.8, 4) is 0 Å². The highest BCUT2D eigenvalue weighted by atomic mass is 16.2. The molecule has 1 heterocycles. The van der Waals surface area contributed by atoms with Gasteiger partial charge in [-0.3, -0.25) is 9.59 Å². The Labute approximate surface area is 161 Å². The molecule has 0 aromatic heterocycles. The van der Waals surface area contributed by atoms with Gasteiger partial charge in [-0.2, -0.15) is 0 Å². The summed E-state index contributed by atoms with van der Waals surface area (Å²) in [5.41, 5.74) is 3.66. The molecule has 2 aromatic rings. The number of amides is 2. The van der Waals surface area contributed by atoms with Crippen LogP contribution in [0.15, 0.2) is 48.5 Å². The van der Waals surface area contributed by atoms with Crippen LogP contribution in [0.1, 0.15) is 32.8 Å². The molecule has 0 bridgehead atoms. The monoisotopic (exact) mass is 365 g/mol. The molecule has 1 N–H and O–H groups in total. The van der Waals surface area contributed by atoms with E-state index in [9.17, 15) is 9.59 Å². The van der Waals surface area contributed by atoms with Crippen molar-refractivity contribution in [3.63, 3.8) is 0 Å². The Balaban J connectivity index is 1.91. The lowest BCUT2D eigenvalue weighted by Crippen LogP contribution is -2.47. The Morgan fingerprint density at radius 1 is 1.19 bits per heavy atom. The van der Waals surface area contributed by atoms with Crippen LogP contribution in [0.2, 0.25) is 0 Å². The summed E-state index contributed by atoms with van der Waals surface area (Å²) >= 11 is 0. The molecule has 0 saturated heterocycles. The van der Waals surface area contributed by atoms with Crippen LogP contribution in [-0.2, 0) is 9.59 Å². The summed E-state index contributed by atoms with van der Waals surface area (Å²) < 4.78 is 0. The van der Waals surface area contributed by atoms with Crippen molar-refractivity contribution < 1.29 is 9.59 Å². The first-order valence-corrected chi connectivity index (χ1v) is 9.41. The van der Waals surface area contributed by atoms with Crippen molar-refractivity contribution in [2.75, 3.05) is 21.7 Å². The van der Waals surface area contributed by atoms with Gasteiger partial charge in [0.1, 0.15) is 0 Å². The van der Waals surface area contributed by atoms with Gasteiger partial charge < -0.3 is 15.1 Å². The normalized spacial score (nSPS) is 16.6.